The first kappa shape index (κ1) is 15.9. The number of likely N-dealkylation sites (N-methyl/N-ethyl adjacent to an activating group) is 1. The van der Waals surface area contributed by atoms with Crippen molar-refractivity contribution in [2.24, 2.45) is 0 Å². The summed E-state index contributed by atoms with van der Waals surface area (Å²) >= 11 is 0. The van der Waals surface area contributed by atoms with Gasteiger partial charge in [-0.3, -0.25) is 4.90 Å². The largest absolute Gasteiger partial charge is 0.377 e. The number of hydrogen-bond acceptors (Lipinski definition) is 3. The van der Waals surface area contributed by atoms with E-state index < -0.39 is 0 Å². The molecule has 0 unspecified atom stereocenters. The summed E-state index contributed by atoms with van der Waals surface area (Å²) in [5.41, 5.74) is 0. The molecule has 0 aliphatic rings. The van der Waals surface area contributed by atoms with Gasteiger partial charge in [0.2, 0.25) is 0 Å². The van der Waals surface area contributed by atoms with Crippen molar-refractivity contribution < 1.29 is 9.47 Å². The molecule has 0 radical (unpaired) electrons. The molecule has 0 saturated heterocycles. The third-order valence-corrected chi connectivity index (χ3v) is 2.63. The van der Waals surface area contributed by atoms with E-state index in [-0.39, 0.29) is 12.2 Å². The molecule has 16 heavy (non-hydrogen) atoms. The molecule has 0 fully saturated rings. The van der Waals surface area contributed by atoms with Crippen LogP contribution < -0.4 is 0 Å². The van der Waals surface area contributed by atoms with Gasteiger partial charge in [-0.05, 0) is 48.6 Å². The van der Waals surface area contributed by atoms with Gasteiger partial charge in [0.15, 0.2) is 0 Å². The van der Waals surface area contributed by atoms with E-state index >= 15 is 0 Å². The van der Waals surface area contributed by atoms with Gasteiger partial charge in [0.25, 0.3) is 0 Å². The van der Waals surface area contributed by atoms with Gasteiger partial charge in [0, 0.05) is 6.04 Å². The molecule has 3 nitrogen and oxygen atoms in total. The molecule has 98 valence electrons. The number of nitrogens with zero attached hydrogens (tertiary/aromatic N) is 1. The summed E-state index contributed by atoms with van der Waals surface area (Å²) in [6.07, 6.45) is 0.559. The first-order chi connectivity index (χ1) is 7.34. The van der Waals surface area contributed by atoms with Crippen molar-refractivity contribution in [3.8, 4) is 0 Å². The van der Waals surface area contributed by atoms with Gasteiger partial charge in [0.1, 0.15) is 0 Å². The van der Waals surface area contributed by atoms with Gasteiger partial charge in [0.05, 0.1) is 31.5 Å². The van der Waals surface area contributed by atoms with Crippen LogP contribution in [-0.2, 0) is 9.47 Å². The minimum atomic E-state index is 0.280. The van der Waals surface area contributed by atoms with Crippen molar-refractivity contribution in [2.75, 3.05) is 20.3 Å². The Morgan fingerprint density at radius 2 is 1.19 bits per heavy atom. The minimum Gasteiger partial charge on any atom is -0.377 e. The lowest BCUT2D eigenvalue weighted by Gasteiger charge is -2.32. The average molecular weight is 231 g/mol. The van der Waals surface area contributed by atoms with Crippen LogP contribution in [0.4, 0.5) is 0 Å². The summed E-state index contributed by atoms with van der Waals surface area (Å²) in [5.74, 6) is 0. The lowest BCUT2D eigenvalue weighted by Crippen LogP contribution is -2.44. The molecule has 0 rings (SSSR count). The maximum Gasteiger partial charge on any atom is 0.0647 e. The summed E-state index contributed by atoms with van der Waals surface area (Å²) < 4.78 is 11.4. The van der Waals surface area contributed by atoms with Crippen molar-refractivity contribution in [3.05, 3.63) is 0 Å². The fraction of sp³-hybridized carbons (Fsp3) is 1.00. The minimum absolute atomic E-state index is 0.280. The highest BCUT2D eigenvalue weighted by Gasteiger charge is 2.18. The molecule has 0 atom stereocenters. The zero-order valence-electron chi connectivity index (χ0n) is 12.0. The molecule has 0 aromatic heterocycles. The number of hydrogen-bond donors (Lipinski definition) is 0. The molecule has 0 heterocycles. The summed E-state index contributed by atoms with van der Waals surface area (Å²) in [5, 5.41) is 0. The van der Waals surface area contributed by atoms with E-state index in [1.165, 1.54) is 0 Å². The Kier molecular flexibility index (Phi) is 7.98. The lowest BCUT2D eigenvalue weighted by atomic mass is 10.2. The molecule has 0 saturated carbocycles. The zero-order chi connectivity index (χ0) is 12.7. The summed E-state index contributed by atoms with van der Waals surface area (Å²) in [7, 11) is 2.13. The summed E-state index contributed by atoms with van der Waals surface area (Å²) in [6, 6.07) is 0.848. The van der Waals surface area contributed by atoms with Crippen LogP contribution in [0.1, 0.15) is 41.5 Å². The molecule has 0 aliphatic heterocycles. The second kappa shape index (κ2) is 8.04. The van der Waals surface area contributed by atoms with E-state index in [1.807, 2.05) is 0 Å². The quantitative estimate of drug-likeness (QED) is 0.641. The van der Waals surface area contributed by atoms with Gasteiger partial charge < -0.3 is 9.47 Å². The predicted molar refractivity (Wildman–Crippen MR) is 68.9 cm³/mol. The van der Waals surface area contributed by atoms with Gasteiger partial charge in [-0.15, -0.1) is 0 Å². The number of rotatable bonds is 8. The Bertz CT molecular complexity index is 157. The fourth-order valence-corrected chi connectivity index (χ4v) is 1.31. The van der Waals surface area contributed by atoms with Gasteiger partial charge in [-0.2, -0.15) is 0 Å². The lowest BCUT2D eigenvalue weighted by molar-refractivity contribution is -0.0283. The third kappa shape index (κ3) is 7.20. The molecule has 3 heteroatoms. The Morgan fingerprint density at radius 1 is 0.812 bits per heavy atom. The van der Waals surface area contributed by atoms with Crippen molar-refractivity contribution in [1.29, 1.82) is 0 Å². The first-order valence-electron chi connectivity index (χ1n) is 6.29. The molecule has 0 bridgehead atoms. The van der Waals surface area contributed by atoms with Crippen molar-refractivity contribution >= 4 is 0 Å². The highest BCUT2D eigenvalue weighted by atomic mass is 16.5. The van der Waals surface area contributed by atoms with E-state index in [4.69, 9.17) is 9.47 Å². The summed E-state index contributed by atoms with van der Waals surface area (Å²) in [4.78, 5) is 2.31. The second-order valence-corrected chi connectivity index (χ2v) is 5.18. The van der Waals surface area contributed by atoms with Crippen LogP contribution in [0.25, 0.3) is 0 Å². The molecule has 0 N–H and O–H groups in total. The first-order valence-corrected chi connectivity index (χ1v) is 6.29. The van der Waals surface area contributed by atoms with Gasteiger partial charge in [-0.25, -0.2) is 0 Å². The molecule has 0 aromatic carbocycles. The standard InChI is InChI=1S/C13H29NO2/c1-10(2)14(7)13(8-15-11(3)4)9-16-12(5)6/h10-13H,8-9H2,1-7H3. The van der Waals surface area contributed by atoms with Crippen LogP contribution in [0, 0.1) is 0 Å². The van der Waals surface area contributed by atoms with Crippen LogP contribution in [0.5, 0.6) is 0 Å². The monoisotopic (exact) mass is 231 g/mol. The Balaban J connectivity index is 4.15. The smallest absolute Gasteiger partial charge is 0.0647 e. The van der Waals surface area contributed by atoms with E-state index in [0.29, 0.717) is 12.1 Å². The van der Waals surface area contributed by atoms with Crippen LogP contribution in [0.3, 0.4) is 0 Å². The SMILES string of the molecule is CC(C)OCC(COC(C)C)N(C)C(C)C. The second-order valence-electron chi connectivity index (χ2n) is 5.18. The van der Waals surface area contributed by atoms with Crippen LogP contribution in [0.15, 0.2) is 0 Å². The van der Waals surface area contributed by atoms with E-state index in [2.05, 4.69) is 53.5 Å². The molecular weight excluding hydrogens is 202 g/mol. The molecule has 0 aliphatic carbocycles. The van der Waals surface area contributed by atoms with Crippen molar-refractivity contribution in [1.82, 2.24) is 4.90 Å². The number of ether oxygens (including phenoxy) is 2. The van der Waals surface area contributed by atoms with Crippen LogP contribution in [0.2, 0.25) is 0 Å². The Hall–Kier alpha value is -0.120. The van der Waals surface area contributed by atoms with Gasteiger partial charge in [-0.1, -0.05) is 0 Å². The molecule has 0 spiro atoms. The zero-order valence-corrected chi connectivity index (χ0v) is 12.0. The average Bonchev–Trinajstić information content (AvgIpc) is 2.16. The predicted octanol–water partition coefficient (Wildman–Crippen LogP) is 2.55. The molecule has 0 aromatic rings. The Labute approximate surface area is 101 Å². The Morgan fingerprint density at radius 3 is 1.44 bits per heavy atom. The van der Waals surface area contributed by atoms with E-state index in [0.717, 1.165) is 13.2 Å². The highest BCUT2D eigenvalue weighted by Crippen LogP contribution is 2.06. The molecule has 0 amide bonds. The normalized spacial score (nSPS) is 12.8. The van der Waals surface area contributed by atoms with Crippen molar-refractivity contribution in [3.63, 3.8) is 0 Å². The van der Waals surface area contributed by atoms with E-state index in [9.17, 15) is 0 Å². The van der Waals surface area contributed by atoms with E-state index in [1.54, 1.807) is 0 Å². The van der Waals surface area contributed by atoms with Crippen LogP contribution in [-0.4, -0.2) is 49.5 Å². The van der Waals surface area contributed by atoms with Gasteiger partial charge >= 0.3 is 0 Å². The molecular formula is C13H29NO2. The fourth-order valence-electron chi connectivity index (χ4n) is 1.31. The maximum atomic E-state index is 5.69. The third-order valence-electron chi connectivity index (χ3n) is 2.63. The highest BCUT2D eigenvalue weighted by molar-refractivity contribution is 4.71. The topological polar surface area (TPSA) is 21.7 Å². The summed E-state index contributed by atoms with van der Waals surface area (Å²) in [6.45, 7) is 14.1. The van der Waals surface area contributed by atoms with Crippen LogP contribution >= 0.6 is 0 Å². The maximum absolute atomic E-state index is 5.69. The van der Waals surface area contributed by atoms with Crippen molar-refractivity contribution in [2.45, 2.75) is 65.8 Å².